The third-order valence-electron chi connectivity index (χ3n) is 5.88. The minimum absolute atomic E-state index is 0.150. The Morgan fingerprint density at radius 2 is 1.91 bits per heavy atom. The Hall–Kier alpha value is -3.08. The van der Waals surface area contributed by atoms with Crippen molar-refractivity contribution in [2.45, 2.75) is 51.2 Å². The number of hydrogen-bond donors (Lipinski definition) is 1. The molecule has 33 heavy (non-hydrogen) atoms. The summed E-state index contributed by atoms with van der Waals surface area (Å²) in [7, 11) is 0. The third kappa shape index (κ3) is 4.29. The maximum absolute atomic E-state index is 14.9. The van der Waals surface area contributed by atoms with E-state index in [1.165, 1.54) is 4.52 Å². The van der Waals surface area contributed by atoms with Gasteiger partial charge in [-0.1, -0.05) is 13.8 Å². The second kappa shape index (κ2) is 8.36. The van der Waals surface area contributed by atoms with Gasteiger partial charge >= 0.3 is 6.18 Å². The number of nitrogens with one attached hydrogen (secondary N) is 1. The van der Waals surface area contributed by atoms with Gasteiger partial charge in [0, 0.05) is 31.8 Å². The van der Waals surface area contributed by atoms with E-state index in [4.69, 9.17) is 4.74 Å². The number of fused-ring (bicyclic) bond motifs is 1. The van der Waals surface area contributed by atoms with Crippen molar-refractivity contribution in [2.75, 3.05) is 13.2 Å². The quantitative estimate of drug-likeness (QED) is 0.586. The summed E-state index contributed by atoms with van der Waals surface area (Å²) in [5.41, 5.74) is -0.877. The molecule has 0 bridgehead atoms. The highest BCUT2D eigenvalue weighted by atomic mass is 19.4. The molecule has 1 amide bonds. The van der Waals surface area contributed by atoms with Crippen molar-refractivity contribution in [3.63, 3.8) is 0 Å². The van der Waals surface area contributed by atoms with Gasteiger partial charge in [0.15, 0.2) is 5.65 Å². The summed E-state index contributed by atoms with van der Waals surface area (Å²) in [6, 6.07) is 0.404. The molecule has 0 unspecified atom stereocenters. The maximum Gasteiger partial charge on any atom is 0.417 e. The highest BCUT2D eigenvalue weighted by molar-refractivity contribution is 6.01. The first kappa shape index (κ1) is 23.1. The monoisotopic (exact) mass is 465 g/mol. The van der Waals surface area contributed by atoms with Crippen molar-refractivity contribution >= 4 is 11.6 Å². The average molecular weight is 465 g/mol. The first-order chi connectivity index (χ1) is 15.5. The Bertz CT molecular complexity index is 1200. The molecule has 11 heteroatoms. The van der Waals surface area contributed by atoms with Gasteiger partial charge in [-0.05, 0) is 37.3 Å². The van der Waals surface area contributed by atoms with Crippen LogP contribution in [0.25, 0.3) is 5.65 Å². The number of pyridine rings is 1. The molecule has 7 nitrogen and oxygen atoms in total. The largest absolute Gasteiger partial charge is 0.417 e. The minimum atomic E-state index is -4.73. The van der Waals surface area contributed by atoms with E-state index >= 15 is 0 Å². The molecule has 1 saturated heterocycles. The summed E-state index contributed by atoms with van der Waals surface area (Å²) in [6.45, 7) is 6.05. The number of hydrogen-bond acceptors (Lipinski definition) is 5. The fourth-order valence-electron chi connectivity index (χ4n) is 3.99. The Labute approximate surface area is 187 Å². The average Bonchev–Trinajstić information content (AvgIpc) is 3.08. The van der Waals surface area contributed by atoms with E-state index in [1.807, 2.05) is 13.8 Å². The molecule has 0 saturated carbocycles. The van der Waals surface area contributed by atoms with Crippen molar-refractivity contribution in [1.82, 2.24) is 24.9 Å². The molecule has 3 aromatic rings. The lowest BCUT2D eigenvalue weighted by Gasteiger charge is -2.37. The number of aromatic nitrogens is 4. The Morgan fingerprint density at radius 1 is 1.21 bits per heavy atom. The number of halogens is 4. The van der Waals surface area contributed by atoms with Gasteiger partial charge in [-0.3, -0.25) is 9.78 Å². The molecule has 1 fully saturated rings. The van der Waals surface area contributed by atoms with Gasteiger partial charge in [-0.15, -0.1) is 0 Å². The molecule has 4 heterocycles. The van der Waals surface area contributed by atoms with Crippen LogP contribution in [-0.4, -0.2) is 38.7 Å². The van der Waals surface area contributed by atoms with Gasteiger partial charge in [0.2, 0.25) is 0 Å². The molecule has 1 N–H and O–H groups in total. The minimum Gasteiger partial charge on any atom is -0.381 e. The van der Waals surface area contributed by atoms with Crippen LogP contribution >= 0.6 is 0 Å². The van der Waals surface area contributed by atoms with Gasteiger partial charge in [-0.2, -0.15) is 18.3 Å². The highest BCUT2D eigenvalue weighted by Crippen LogP contribution is 2.36. The molecule has 0 atom stereocenters. The normalized spacial score (nSPS) is 16.4. The molecule has 1 aliphatic heterocycles. The number of carbonyl (C=O) groups is 1. The molecule has 0 aromatic carbocycles. The summed E-state index contributed by atoms with van der Waals surface area (Å²) < 4.78 is 60.7. The van der Waals surface area contributed by atoms with Crippen LogP contribution in [0.1, 0.15) is 65.5 Å². The lowest BCUT2D eigenvalue weighted by Crippen LogP contribution is -2.50. The van der Waals surface area contributed by atoms with Crippen LogP contribution < -0.4 is 5.32 Å². The van der Waals surface area contributed by atoms with E-state index in [-0.39, 0.29) is 43.2 Å². The Balaban J connectivity index is 1.73. The molecule has 176 valence electrons. The van der Waals surface area contributed by atoms with Crippen LogP contribution in [0, 0.1) is 12.7 Å². The molecule has 3 aromatic heterocycles. The van der Waals surface area contributed by atoms with Crippen molar-refractivity contribution in [3.05, 3.63) is 58.6 Å². The number of amides is 1. The lowest BCUT2D eigenvalue weighted by molar-refractivity contribution is -0.138. The van der Waals surface area contributed by atoms with Gasteiger partial charge < -0.3 is 10.1 Å². The van der Waals surface area contributed by atoms with Gasteiger partial charge in [0.1, 0.15) is 17.1 Å². The van der Waals surface area contributed by atoms with Gasteiger partial charge in [0.05, 0.1) is 16.8 Å². The van der Waals surface area contributed by atoms with E-state index in [2.05, 4.69) is 20.4 Å². The smallest absolute Gasteiger partial charge is 0.381 e. The standard InChI is InChI=1S/C22H23F4N5O2/c1-12(2)14-9-28-19-17(13(3)30-31(19)11-14)20(32)29-21(4-6-33-7-5-21)18-16(23)8-15(10-27-18)22(24,25)26/h8-12H,4-7H2,1-3H3,(H,29,32). The Kier molecular flexibility index (Phi) is 5.85. The van der Waals surface area contributed by atoms with Crippen LogP contribution in [0.5, 0.6) is 0 Å². The highest BCUT2D eigenvalue weighted by Gasteiger charge is 2.42. The van der Waals surface area contributed by atoms with E-state index < -0.39 is 29.0 Å². The zero-order chi connectivity index (χ0) is 24.0. The summed E-state index contributed by atoms with van der Waals surface area (Å²) in [5, 5.41) is 7.20. The molecule has 0 aliphatic carbocycles. The first-order valence-corrected chi connectivity index (χ1v) is 10.5. The lowest BCUT2D eigenvalue weighted by atomic mass is 9.85. The maximum atomic E-state index is 14.9. The van der Waals surface area contributed by atoms with E-state index in [9.17, 15) is 22.4 Å². The predicted molar refractivity (Wildman–Crippen MR) is 110 cm³/mol. The first-order valence-electron chi connectivity index (χ1n) is 10.5. The van der Waals surface area contributed by atoms with Crippen LogP contribution in [0.15, 0.2) is 24.7 Å². The topological polar surface area (TPSA) is 81.4 Å². The summed E-state index contributed by atoms with van der Waals surface area (Å²) in [4.78, 5) is 21.5. The van der Waals surface area contributed by atoms with Crippen molar-refractivity contribution in [1.29, 1.82) is 0 Å². The van der Waals surface area contributed by atoms with Gasteiger partial charge in [0.25, 0.3) is 5.91 Å². The number of nitrogens with zero attached hydrogens (tertiary/aromatic N) is 4. The van der Waals surface area contributed by atoms with Crippen LogP contribution in [0.2, 0.25) is 0 Å². The number of rotatable bonds is 4. The second-order valence-corrected chi connectivity index (χ2v) is 8.47. The SMILES string of the molecule is Cc1nn2cc(C(C)C)cnc2c1C(=O)NC1(c2ncc(C(F)(F)F)cc2F)CCOCC1. The molecule has 1 aliphatic rings. The zero-order valence-electron chi connectivity index (χ0n) is 18.3. The zero-order valence-corrected chi connectivity index (χ0v) is 18.3. The van der Waals surface area contributed by atoms with Gasteiger partial charge in [-0.25, -0.2) is 13.9 Å². The van der Waals surface area contributed by atoms with Crippen molar-refractivity contribution in [3.8, 4) is 0 Å². The predicted octanol–water partition coefficient (Wildman–Crippen LogP) is 4.15. The van der Waals surface area contributed by atoms with Crippen LogP contribution in [0.4, 0.5) is 17.6 Å². The van der Waals surface area contributed by atoms with Crippen molar-refractivity contribution in [2.24, 2.45) is 0 Å². The molecule has 4 rings (SSSR count). The fraction of sp³-hybridized carbons (Fsp3) is 0.455. The van der Waals surface area contributed by atoms with Crippen molar-refractivity contribution < 1.29 is 27.1 Å². The number of alkyl halides is 3. The Morgan fingerprint density at radius 3 is 2.52 bits per heavy atom. The van der Waals surface area contributed by atoms with E-state index in [0.717, 1.165) is 5.56 Å². The molecular weight excluding hydrogens is 442 g/mol. The van der Waals surface area contributed by atoms with E-state index in [1.54, 1.807) is 19.3 Å². The third-order valence-corrected chi connectivity index (χ3v) is 5.88. The second-order valence-electron chi connectivity index (χ2n) is 8.47. The van der Waals surface area contributed by atoms with Crippen LogP contribution in [0.3, 0.4) is 0 Å². The summed E-state index contributed by atoms with van der Waals surface area (Å²) in [6.07, 6.45) is -0.393. The number of ether oxygens (including phenoxy) is 1. The summed E-state index contributed by atoms with van der Waals surface area (Å²) in [5.74, 6) is -1.48. The molecule has 0 spiro atoms. The summed E-state index contributed by atoms with van der Waals surface area (Å²) >= 11 is 0. The van der Waals surface area contributed by atoms with E-state index in [0.29, 0.717) is 23.6 Å². The van der Waals surface area contributed by atoms with Crippen LogP contribution in [-0.2, 0) is 16.5 Å². The molecular formula is C22H23F4N5O2. The molecule has 0 radical (unpaired) electrons. The number of aryl methyl sites for hydroxylation is 1. The number of carbonyl (C=O) groups excluding carboxylic acids is 1. The fourth-order valence-corrected chi connectivity index (χ4v) is 3.99.